The van der Waals surface area contributed by atoms with Gasteiger partial charge in [0.25, 0.3) is 5.56 Å². The van der Waals surface area contributed by atoms with Gasteiger partial charge < -0.3 is 0 Å². The fraction of sp³-hybridized carbons (Fsp3) is 0.0909. The maximum absolute atomic E-state index is 12.5. The lowest BCUT2D eigenvalue weighted by atomic mass is 10.2. The maximum atomic E-state index is 12.5. The van der Waals surface area contributed by atoms with Crippen LogP contribution in [0.15, 0.2) is 35.5 Å². The van der Waals surface area contributed by atoms with Crippen molar-refractivity contribution >= 4 is 11.3 Å². The zero-order valence-corrected chi connectivity index (χ0v) is 10.9. The highest BCUT2D eigenvalue weighted by molar-refractivity contribution is 7.13. The minimum atomic E-state index is -4.59. The van der Waals surface area contributed by atoms with Gasteiger partial charge in [0, 0.05) is 24.2 Å². The Labute approximate surface area is 118 Å². The summed E-state index contributed by atoms with van der Waals surface area (Å²) in [6, 6.07) is 3.32. The average Bonchev–Trinajstić information content (AvgIpc) is 3.05. The topological polar surface area (TPSA) is 76.5 Å². The zero-order valence-electron chi connectivity index (χ0n) is 10.1. The van der Waals surface area contributed by atoms with Crippen molar-refractivity contribution in [3.63, 3.8) is 0 Å². The molecule has 0 aliphatic heterocycles. The van der Waals surface area contributed by atoms with Crippen molar-refractivity contribution in [1.29, 1.82) is 0 Å². The monoisotopic (exact) mass is 313 g/mol. The number of aromatic amines is 1. The molecule has 0 aliphatic carbocycles. The van der Waals surface area contributed by atoms with Crippen LogP contribution in [0.1, 0.15) is 5.01 Å². The number of rotatable bonds is 2. The van der Waals surface area contributed by atoms with E-state index in [9.17, 15) is 18.0 Å². The van der Waals surface area contributed by atoms with Gasteiger partial charge in [-0.1, -0.05) is 17.4 Å². The summed E-state index contributed by atoms with van der Waals surface area (Å²) in [5.74, 6) is 0. The van der Waals surface area contributed by atoms with Gasteiger partial charge in [-0.25, -0.2) is 0 Å². The molecule has 3 heterocycles. The molecule has 0 atom stereocenters. The fourth-order valence-corrected chi connectivity index (χ4v) is 2.34. The van der Waals surface area contributed by atoms with Crippen LogP contribution in [0.3, 0.4) is 0 Å². The van der Waals surface area contributed by atoms with Crippen molar-refractivity contribution < 1.29 is 13.2 Å². The fourth-order valence-electron chi connectivity index (χ4n) is 1.66. The van der Waals surface area contributed by atoms with Gasteiger partial charge in [-0.3, -0.25) is 14.9 Å². The van der Waals surface area contributed by atoms with Crippen LogP contribution in [-0.4, -0.2) is 25.0 Å². The second-order valence-corrected chi connectivity index (χ2v) is 4.91. The zero-order chi connectivity index (χ0) is 15.0. The molecule has 0 aromatic carbocycles. The lowest BCUT2D eigenvalue weighted by Gasteiger charge is -1.97. The Kier molecular flexibility index (Phi) is 3.09. The summed E-state index contributed by atoms with van der Waals surface area (Å²) in [5.41, 5.74) is 0.317. The van der Waals surface area contributed by atoms with Crippen LogP contribution in [0.25, 0.3) is 16.3 Å². The van der Waals surface area contributed by atoms with E-state index in [2.05, 4.69) is 20.3 Å². The van der Waals surface area contributed by atoms with Crippen molar-refractivity contribution in [2.24, 2.45) is 0 Å². The number of H-pyrrole nitrogens is 1. The molecule has 0 unspecified atom stereocenters. The number of hydrogen-bond donors (Lipinski definition) is 1. The molecule has 108 valence electrons. The highest BCUT2D eigenvalue weighted by Gasteiger charge is 2.36. The average molecular weight is 313 g/mol. The van der Waals surface area contributed by atoms with Crippen molar-refractivity contribution in [2.45, 2.75) is 6.18 Å². The predicted octanol–water partition coefficient (Wildman–Crippen LogP) is 2.10. The van der Waals surface area contributed by atoms with Gasteiger partial charge in [-0.05, 0) is 6.07 Å². The van der Waals surface area contributed by atoms with Crippen LogP contribution in [-0.2, 0) is 6.18 Å². The molecule has 3 aromatic rings. The second kappa shape index (κ2) is 4.81. The van der Waals surface area contributed by atoms with E-state index in [1.165, 1.54) is 12.4 Å². The highest BCUT2D eigenvalue weighted by Crippen LogP contribution is 2.32. The molecule has 3 rings (SSSR count). The normalized spacial score (nSPS) is 11.8. The van der Waals surface area contributed by atoms with Crippen LogP contribution in [0, 0.1) is 0 Å². The number of hydrogen-bond acceptors (Lipinski definition) is 5. The molecular formula is C11H6F3N5OS. The molecule has 0 aliphatic rings. The molecule has 0 saturated heterocycles. The van der Waals surface area contributed by atoms with Gasteiger partial charge in [0.05, 0.1) is 5.56 Å². The van der Waals surface area contributed by atoms with Crippen molar-refractivity contribution in [3.8, 4) is 16.3 Å². The first-order chi connectivity index (χ1) is 9.97. The van der Waals surface area contributed by atoms with Crippen LogP contribution in [0.5, 0.6) is 0 Å². The first-order valence-corrected chi connectivity index (χ1v) is 6.40. The Hall–Kier alpha value is -2.49. The third-order valence-corrected chi connectivity index (χ3v) is 3.55. The molecule has 0 amide bonds. The summed E-state index contributed by atoms with van der Waals surface area (Å²) in [4.78, 5) is 16.1. The first kappa shape index (κ1) is 13.5. The van der Waals surface area contributed by atoms with Gasteiger partial charge >= 0.3 is 6.18 Å². The molecule has 0 spiro atoms. The summed E-state index contributed by atoms with van der Waals surface area (Å²) < 4.78 is 38.4. The largest absolute Gasteiger partial charge is 0.445 e. The minimum Gasteiger partial charge on any atom is -0.295 e. The quantitative estimate of drug-likeness (QED) is 0.786. The van der Waals surface area contributed by atoms with E-state index in [4.69, 9.17) is 0 Å². The van der Waals surface area contributed by atoms with Gasteiger partial charge in [0.15, 0.2) is 0 Å². The van der Waals surface area contributed by atoms with Crippen LogP contribution < -0.4 is 5.56 Å². The lowest BCUT2D eigenvalue weighted by molar-refractivity contribution is -0.138. The summed E-state index contributed by atoms with van der Waals surface area (Å²) in [6.07, 6.45) is -0.169. The SMILES string of the molecule is O=c1c(-c2cccnc2)c[nH]n1-c1nnc(C(F)(F)F)s1. The maximum Gasteiger partial charge on any atom is 0.445 e. The van der Waals surface area contributed by atoms with Gasteiger partial charge in [0.1, 0.15) is 0 Å². The molecule has 21 heavy (non-hydrogen) atoms. The van der Waals surface area contributed by atoms with E-state index < -0.39 is 16.7 Å². The lowest BCUT2D eigenvalue weighted by Crippen LogP contribution is -2.15. The van der Waals surface area contributed by atoms with Crippen LogP contribution >= 0.6 is 11.3 Å². The van der Waals surface area contributed by atoms with Gasteiger partial charge in [-0.2, -0.15) is 17.9 Å². The highest BCUT2D eigenvalue weighted by atomic mass is 32.1. The van der Waals surface area contributed by atoms with E-state index in [0.29, 0.717) is 5.56 Å². The number of aromatic nitrogens is 5. The van der Waals surface area contributed by atoms with E-state index in [0.717, 1.165) is 4.68 Å². The first-order valence-electron chi connectivity index (χ1n) is 5.59. The summed E-state index contributed by atoms with van der Waals surface area (Å²) in [6.45, 7) is 0. The third kappa shape index (κ3) is 2.44. The number of halogens is 3. The number of nitrogens with zero attached hydrogens (tertiary/aromatic N) is 4. The Morgan fingerprint density at radius 2 is 2.10 bits per heavy atom. The Bertz CT molecular complexity index is 820. The Morgan fingerprint density at radius 3 is 2.71 bits per heavy atom. The van der Waals surface area contributed by atoms with Crippen molar-refractivity contribution in [3.05, 3.63) is 46.1 Å². The molecule has 1 N–H and O–H groups in total. The summed E-state index contributed by atoms with van der Waals surface area (Å²) in [7, 11) is 0. The van der Waals surface area contributed by atoms with Gasteiger partial charge in [0.2, 0.25) is 10.1 Å². The number of pyridine rings is 1. The molecule has 0 fully saturated rings. The van der Waals surface area contributed by atoms with E-state index in [1.54, 1.807) is 18.3 Å². The molecule has 3 aromatic heterocycles. The van der Waals surface area contributed by atoms with Crippen LogP contribution in [0.2, 0.25) is 0 Å². The number of nitrogens with one attached hydrogen (secondary N) is 1. The molecule has 6 nitrogen and oxygen atoms in total. The van der Waals surface area contributed by atoms with Crippen molar-refractivity contribution in [1.82, 2.24) is 25.0 Å². The minimum absolute atomic E-state index is 0.178. The predicted molar refractivity (Wildman–Crippen MR) is 68.1 cm³/mol. The standard InChI is InChI=1S/C11H6F3N5OS/c12-11(13,14)9-17-18-10(21-9)19-8(20)7(5-16-19)6-2-1-3-15-4-6/h1-5,16H. The second-order valence-electron chi connectivity index (χ2n) is 3.96. The molecular weight excluding hydrogens is 307 g/mol. The Morgan fingerprint density at radius 1 is 1.29 bits per heavy atom. The molecule has 0 bridgehead atoms. The molecule has 10 heteroatoms. The summed E-state index contributed by atoms with van der Waals surface area (Å²) in [5, 5.41) is 7.71. The van der Waals surface area contributed by atoms with Gasteiger partial charge in [-0.15, -0.1) is 10.2 Å². The molecule has 0 saturated carbocycles. The van der Waals surface area contributed by atoms with Crippen LogP contribution in [0.4, 0.5) is 13.2 Å². The molecule has 0 radical (unpaired) electrons. The number of alkyl halides is 3. The van der Waals surface area contributed by atoms with E-state index in [-0.39, 0.29) is 22.0 Å². The van der Waals surface area contributed by atoms with E-state index >= 15 is 0 Å². The smallest absolute Gasteiger partial charge is 0.295 e. The van der Waals surface area contributed by atoms with E-state index in [1.807, 2.05) is 0 Å². The van der Waals surface area contributed by atoms with Crippen molar-refractivity contribution in [2.75, 3.05) is 0 Å². The third-order valence-electron chi connectivity index (χ3n) is 2.59. The Balaban J connectivity index is 2.04. The summed E-state index contributed by atoms with van der Waals surface area (Å²) >= 11 is 0.284.